The first-order valence-electron chi connectivity index (χ1n) is 7.39. The molecule has 2 unspecified atom stereocenters. The molecule has 0 saturated heterocycles. The molecule has 0 aromatic heterocycles. The van der Waals surface area contributed by atoms with E-state index in [0.717, 1.165) is 5.75 Å². The Morgan fingerprint density at radius 3 is 2.43 bits per heavy atom. The maximum absolute atomic E-state index is 11.8. The van der Waals surface area contributed by atoms with E-state index < -0.39 is 5.54 Å². The summed E-state index contributed by atoms with van der Waals surface area (Å²) < 4.78 is 5.03. The van der Waals surface area contributed by atoms with Crippen LogP contribution in [-0.4, -0.2) is 23.4 Å². The quantitative estimate of drug-likeness (QED) is 0.782. The number of aryl methyl sites for hydroxylation is 2. The average molecular weight is 309 g/mol. The van der Waals surface area contributed by atoms with Gasteiger partial charge in [-0.3, -0.25) is 4.79 Å². The molecule has 4 heteroatoms. The van der Waals surface area contributed by atoms with Crippen molar-refractivity contribution in [3.63, 3.8) is 0 Å². The van der Waals surface area contributed by atoms with Crippen molar-refractivity contribution < 1.29 is 9.53 Å². The van der Waals surface area contributed by atoms with Crippen LogP contribution in [-0.2, 0) is 15.3 Å². The second kappa shape index (κ2) is 7.85. The van der Waals surface area contributed by atoms with Crippen LogP contribution in [0, 0.1) is 13.8 Å². The van der Waals surface area contributed by atoms with Crippen LogP contribution in [0.1, 0.15) is 43.9 Å². The molecule has 1 aromatic rings. The van der Waals surface area contributed by atoms with E-state index in [0.29, 0.717) is 18.3 Å². The molecule has 0 saturated carbocycles. The summed E-state index contributed by atoms with van der Waals surface area (Å²) in [6.07, 6.45) is 0.612. The van der Waals surface area contributed by atoms with Crippen molar-refractivity contribution in [2.75, 3.05) is 6.61 Å². The van der Waals surface area contributed by atoms with Gasteiger partial charge in [0.05, 0.1) is 6.61 Å². The molecule has 0 fully saturated rings. The summed E-state index contributed by atoms with van der Waals surface area (Å²) in [7, 11) is 0. The Balaban J connectivity index is 2.53. The maximum atomic E-state index is 11.8. The highest BCUT2D eigenvalue weighted by atomic mass is 32.2. The monoisotopic (exact) mass is 309 g/mol. The van der Waals surface area contributed by atoms with Gasteiger partial charge in [0.15, 0.2) is 0 Å². The summed E-state index contributed by atoms with van der Waals surface area (Å²) in [5, 5.41) is 0.297. The Morgan fingerprint density at radius 2 is 1.90 bits per heavy atom. The molecule has 0 aliphatic heterocycles. The SMILES string of the molecule is CCOC(=O)C(C)(N)CC(C)SCc1cc(C)cc(C)c1. The van der Waals surface area contributed by atoms with Gasteiger partial charge in [-0.1, -0.05) is 36.2 Å². The van der Waals surface area contributed by atoms with E-state index in [-0.39, 0.29) is 5.97 Å². The first kappa shape index (κ1) is 18.1. The molecular formula is C17H27NO2S. The molecule has 21 heavy (non-hydrogen) atoms. The Kier molecular flexibility index (Phi) is 6.75. The molecule has 2 atom stereocenters. The lowest BCUT2D eigenvalue weighted by Gasteiger charge is -2.25. The Labute approximate surface area is 132 Å². The summed E-state index contributed by atoms with van der Waals surface area (Å²) in [6, 6.07) is 6.59. The summed E-state index contributed by atoms with van der Waals surface area (Å²) >= 11 is 1.82. The lowest BCUT2D eigenvalue weighted by Crippen LogP contribution is -2.47. The molecular weight excluding hydrogens is 282 g/mol. The maximum Gasteiger partial charge on any atom is 0.325 e. The third-order valence-corrected chi connectivity index (χ3v) is 4.50. The van der Waals surface area contributed by atoms with Crippen molar-refractivity contribution in [3.8, 4) is 0 Å². The van der Waals surface area contributed by atoms with Crippen molar-refractivity contribution in [2.45, 2.75) is 57.6 Å². The Hall–Kier alpha value is -1.00. The first-order chi connectivity index (χ1) is 9.74. The molecule has 0 amide bonds. The molecule has 1 aromatic carbocycles. The number of hydrogen-bond donors (Lipinski definition) is 1. The fourth-order valence-corrected chi connectivity index (χ4v) is 3.53. The van der Waals surface area contributed by atoms with E-state index in [2.05, 4.69) is 39.0 Å². The molecule has 0 aliphatic rings. The van der Waals surface area contributed by atoms with E-state index in [1.165, 1.54) is 16.7 Å². The molecule has 2 N–H and O–H groups in total. The number of esters is 1. The molecule has 1 rings (SSSR count). The van der Waals surface area contributed by atoms with Crippen LogP contribution < -0.4 is 5.73 Å². The van der Waals surface area contributed by atoms with E-state index >= 15 is 0 Å². The van der Waals surface area contributed by atoms with Crippen LogP contribution in [0.4, 0.5) is 0 Å². The summed E-state index contributed by atoms with van der Waals surface area (Å²) in [4.78, 5) is 11.8. The highest BCUT2D eigenvalue weighted by Crippen LogP contribution is 2.25. The lowest BCUT2D eigenvalue weighted by molar-refractivity contribution is -0.149. The predicted molar refractivity (Wildman–Crippen MR) is 90.5 cm³/mol. The van der Waals surface area contributed by atoms with Crippen molar-refractivity contribution in [2.24, 2.45) is 5.73 Å². The van der Waals surface area contributed by atoms with E-state index in [1.54, 1.807) is 13.8 Å². The van der Waals surface area contributed by atoms with Crippen LogP contribution in [0.25, 0.3) is 0 Å². The Morgan fingerprint density at radius 1 is 1.33 bits per heavy atom. The Bertz CT molecular complexity index is 465. The standard InChI is InChI=1S/C17H27NO2S/c1-6-20-16(19)17(5,18)10-14(4)21-11-15-8-12(2)7-13(3)9-15/h7-9,14H,6,10-11,18H2,1-5H3. The number of rotatable bonds is 7. The van der Waals surface area contributed by atoms with Crippen molar-refractivity contribution in [1.82, 2.24) is 0 Å². The van der Waals surface area contributed by atoms with Crippen molar-refractivity contribution >= 4 is 17.7 Å². The third-order valence-electron chi connectivity index (χ3n) is 3.27. The number of ether oxygens (including phenoxy) is 1. The number of carbonyl (C=O) groups excluding carboxylic acids is 1. The van der Waals surface area contributed by atoms with Gasteiger partial charge < -0.3 is 10.5 Å². The van der Waals surface area contributed by atoms with Gasteiger partial charge in [0.2, 0.25) is 0 Å². The zero-order valence-electron chi connectivity index (χ0n) is 13.7. The third kappa shape index (κ3) is 6.10. The highest BCUT2D eigenvalue weighted by Gasteiger charge is 2.31. The average Bonchev–Trinajstić information content (AvgIpc) is 2.35. The van der Waals surface area contributed by atoms with E-state index in [1.807, 2.05) is 11.8 Å². The zero-order valence-corrected chi connectivity index (χ0v) is 14.5. The van der Waals surface area contributed by atoms with Crippen molar-refractivity contribution in [1.29, 1.82) is 0 Å². The van der Waals surface area contributed by atoms with Gasteiger partial charge >= 0.3 is 5.97 Å². The minimum atomic E-state index is -0.912. The fourth-order valence-electron chi connectivity index (χ4n) is 2.43. The van der Waals surface area contributed by atoms with Gasteiger partial charge in [-0.05, 0) is 39.7 Å². The number of thioether (sulfide) groups is 1. The van der Waals surface area contributed by atoms with E-state index in [9.17, 15) is 4.79 Å². The zero-order chi connectivity index (χ0) is 16.0. The second-order valence-corrected chi connectivity index (χ2v) is 7.39. The summed E-state index contributed by atoms with van der Waals surface area (Å²) in [5.41, 5.74) is 9.05. The van der Waals surface area contributed by atoms with Gasteiger partial charge in [-0.25, -0.2) is 0 Å². The first-order valence-corrected chi connectivity index (χ1v) is 8.44. The van der Waals surface area contributed by atoms with Gasteiger partial charge in [-0.15, -0.1) is 0 Å². The molecule has 0 aliphatic carbocycles. The second-order valence-electron chi connectivity index (χ2n) is 5.96. The van der Waals surface area contributed by atoms with Crippen LogP contribution in [0.15, 0.2) is 18.2 Å². The molecule has 0 heterocycles. The number of carbonyl (C=O) groups is 1. The minimum absolute atomic E-state index is 0.297. The predicted octanol–water partition coefficient (Wildman–Crippen LogP) is 3.60. The lowest BCUT2D eigenvalue weighted by atomic mass is 9.98. The van der Waals surface area contributed by atoms with Crippen LogP contribution in [0.3, 0.4) is 0 Å². The largest absolute Gasteiger partial charge is 0.465 e. The molecule has 3 nitrogen and oxygen atoms in total. The highest BCUT2D eigenvalue weighted by molar-refractivity contribution is 7.99. The van der Waals surface area contributed by atoms with E-state index in [4.69, 9.17) is 10.5 Å². The number of hydrogen-bond acceptors (Lipinski definition) is 4. The van der Waals surface area contributed by atoms with Gasteiger partial charge in [0.25, 0.3) is 0 Å². The summed E-state index contributed by atoms with van der Waals surface area (Å²) in [5.74, 6) is 0.617. The topological polar surface area (TPSA) is 52.3 Å². The van der Waals surface area contributed by atoms with Crippen LogP contribution in [0.2, 0.25) is 0 Å². The minimum Gasteiger partial charge on any atom is -0.465 e. The number of nitrogens with two attached hydrogens (primary N) is 1. The van der Waals surface area contributed by atoms with Gasteiger partial charge in [0.1, 0.15) is 5.54 Å². The fraction of sp³-hybridized carbons (Fsp3) is 0.588. The molecule has 0 radical (unpaired) electrons. The van der Waals surface area contributed by atoms with Crippen LogP contribution >= 0.6 is 11.8 Å². The molecule has 118 valence electrons. The van der Waals surface area contributed by atoms with Crippen molar-refractivity contribution in [3.05, 3.63) is 34.9 Å². The van der Waals surface area contributed by atoms with Gasteiger partial charge in [0, 0.05) is 11.0 Å². The normalized spacial score (nSPS) is 15.3. The number of benzene rings is 1. The molecule has 0 spiro atoms. The summed E-state index contributed by atoms with van der Waals surface area (Å²) in [6.45, 7) is 10.3. The van der Waals surface area contributed by atoms with Gasteiger partial charge in [-0.2, -0.15) is 11.8 Å². The smallest absolute Gasteiger partial charge is 0.325 e. The van der Waals surface area contributed by atoms with Crippen LogP contribution in [0.5, 0.6) is 0 Å². The molecule has 0 bridgehead atoms.